The van der Waals surface area contributed by atoms with Gasteiger partial charge in [-0.1, -0.05) is 11.3 Å². The van der Waals surface area contributed by atoms with Crippen LogP contribution in [0, 0.1) is 11.7 Å². The van der Waals surface area contributed by atoms with E-state index < -0.39 is 0 Å². The van der Waals surface area contributed by atoms with Gasteiger partial charge in [0.05, 0.1) is 9.99 Å². The van der Waals surface area contributed by atoms with Crippen molar-refractivity contribution in [2.45, 2.75) is 19.4 Å². The molecule has 0 bridgehead atoms. The SMILES string of the molecule is Nc1ccc(F)c(-c2ccc3c(nnn3CC3CC3)c2Br)c1. The van der Waals surface area contributed by atoms with Gasteiger partial charge in [-0.3, -0.25) is 0 Å². The highest BCUT2D eigenvalue weighted by Crippen LogP contribution is 2.37. The van der Waals surface area contributed by atoms with E-state index in [0.29, 0.717) is 11.3 Å². The largest absolute Gasteiger partial charge is 0.399 e. The Morgan fingerprint density at radius 1 is 1.23 bits per heavy atom. The molecular weight excluding hydrogens is 347 g/mol. The monoisotopic (exact) mass is 360 g/mol. The van der Waals surface area contributed by atoms with Crippen molar-refractivity contribution < 1.29 is 4.39 Å². The van der Waals surface area contributed by atoms with Crippen molar-refractivity contribution in [3.8, 4) is 11.1 Å². The number of halogens is 2. The van der Waals surface area contributed by atoms with Gasteiger partial charge in [0.25, 0.3) is 0 Å². The zero-order chi connectivity index (χ0) is 15.3. The van der Waals surface area contributed by atoms with Gasteiger partial charge in [0.1, 0.15) is 11.3 Å². The van der Waals surface area contributed by atoms with Crippen molar-refractivity contribution in [2.75, 3.05) is 5.73 Å². The summed E-state index contributed by atoms with van der Waals surface area (Å²) >= 11 is 3.55. The number of nitrogens with zero attached hydrogens (tertiary/aromatic N) is 3. The van der Waals surface area contributed by atoms with Crippen LogP contribution in [0.15, 0.2) is 34.8 Å². The summed E-state index contributed by atoms with van der Waals surface area (Å²) in [6, 6.07) is 8.40. The van der Waals surface area contributed by atoms with Crippen LogP contribution in [0.4, 0.5) is 10.1 Å². The predicted octanol–water partition coefficient (Wildman–Crippen LogP) is 3.99. The Morgan fingerprint density at radius 3 is 2.82 bits per heavy atom. The Bertz CT molecular complexity index is 870. The number of aromatic nitrogens is 3. The summed E-state index contributed by atoms with van der Waals surface area (Å²) < 4.78 is 16.8. The fraction of sp³-hybridized carbons (Fsp3) is 0.250. The Balaban J connectivity index is 1.85. The Morgan fingerprint density at radius 2 is 2.05 bits per heavy atom. The molecule has 0 amide bonds. The molecule has 112 valence electrons. The second kappa shape index (κ2) is 5.05. The average Bonchev–Trinajstić information content (AvgIpc) is 3.22. The zero-order valence-electron chi connectivity index (χ0n) is 11.8. The fourth-order valence-electron chi connectivity index (χ4n) is 2.64. The number of hydrogen-bond acceptors (Lipinski definition) is 3. The summed E-state index contributed by atoms with van der Waals surface area (Å²) in [5.41, 5.74) is 9.22. The van der Waals surface area contributed by atoms with Crippen molar-refractivity contribution >= 4 is 32.7 Å². The summed E-state index contributed by atoms with van der Waals surface area (Å²) in [4.78, 5) is 0. The molecule has 1 fully saturated rings. The molecule has 1 heterocycles. The van der Waals surface area contributed by atoms with Crippen LogP contribution in [0.5, 0.6) is 0 Å². The average molecular weight is 361 g/mol. The van der Waals surface area contributed by atoms with E-state index in [9.17, 15) is 4.39 Å². The molecular formula is C16H14BrFN4. The van der Waals surface area contributed by atoms with Crippen molar-refractivity contribution in [1.29, 1.82) is 0 Å². The summed E-state index contributed by atoms with van der Waals surface area (Å²) in [6.45, 7) is 0.898. The van der Waals surface area contributed by atoms with Gasteiger partial charge in [0.15, 0.2) is 0 Å². The van der Waals surface area contributed by atoms with Gasteiger partial charge >= 0.3 is 0 Å². The van der Waals surface area contributed by atoms with E-state index in [-0.39, 0.29) is 5.82 Å². The summed E-state index contributed by atoms with van der Waals surface area (Å²) in [6.07, 6.45) is 2.52. The molecule has 22 heavy (non-hydrogen) atoms. The summed E-state index contributed by atoms with van der Waals surface area (Å²) in [7, 11) is 0. The second-order valence-electron chi connectivity index (χ2n) is 5.75. The number of nitrogens with two attached hydrogens (primary N) is 1. The van der Waals surface area contributed by atoms with Crippen LogP contribution < -0.4 is 5.73 Å². The number of rotatable bonds is 3. The number of benzene rings is 2. The molecule has 1 aromatic heterocycles. The topological polar surface area (TPSA) is 56.7 Å². The molecule has 4 nitrogen and oxygen atoms in total. The molecule has 0 unspecified atom stereocenters. The molecule has 6 heteroatoms. The van der Waals surface area contributed by atoms with Crippen LogP contribution in [-0.2, 0) is 6.54 Å². The third kappa shape index (κ3) is 2.27. The fourth-order valence-corrected chi connectivity index (χ4v) is 3.27. The smallest absolute Gasteiger partial charge is 0.131 e. The van der Waals surface area contributed by atoms with Crippen LogP contribution in [0.25, 0.3) is 22.2 Å². The molecule has 0 spiro atoms. The normalized spacial score (nSPS) is 14.6. The number of hydrogen-bond donors (Lipinski definition) is 1. The molecule has 1 aliphatic carbocycles. The summed E-state index contributed by atoms with van der Waals surface area (Å²) in [5, 5.41) is 8.48. The van der Waals surface area contributed by atoms with E-state index in [1.807, 2.05) is 16.8 Å². The predicted molar refractivity (Wildman–Crippen MR) is 87.8 cm³/mol. The molecule has 2 aromatic carbocycles. The van der Waals surface area contributed by atoms with Crippen molar-refractivity contribution in [3.05, 3.63) is 40.6 Å². The van der Waals surface area contributed by atoms with Crippen LogP contribution >= 0.6 is 15.9 Å². The van der Waals surface area contributed by atoms with E-state index in [2.05, 4.69) is 26.2 Å². The lowest BCUT2D eigenvalue weighted by atomic mass is 10.0. The molecule has 1 saturated carbocycles. The van der Waals surface area contributed by atoms with Gasteiger partial charge < -0.3 is 5.73 Å². The van der Waals surface area contributed by atoms with Crippen molar-refractivity contribution in [2.24, 2.45) is 5.92 Å². The number of anilines is 1. The van der Waals surface area contributed by atoms with Crippen molar-refractivity contribution in [3.63, 3.8) is 0 Å². The quantitative estimate of drug-likeness (QED) is 0.718. The first-order valence-corrected chi connectivity index (χ1v) is 8.00. The van der Waals surface area contributed by atoms with Gasteiger partial charge in [-0.05, 0) is 59.0 Å². The van der Waals surface area contributed by atoms with Crippen LogP contribution in [0.1, 0.15) is 12.8 Å². The van der Waals surface area contributed by atoms with E-state index in [1.165, 1.54) is 18.9 Å². The van der Waals surface area contributed by atoms with E-state index in [0.717, 1.165) is 33.5 Å². The second-order valence-corrected chi connectivity index (χ2v) is 6.54. The maximum absolute atomic E-state index is 14.1. The highest BCUT2D eigenvalue weighted by atomic mass is 79.9. The van der Waals surface area contributed by atoms with E-state index in [1.54, 1.807) is 12.1 Å². The van der Waals surface area contributed by atoms with Gasteiger partial charge in [-0.25, -0.2) is 9.07 Å². The van der Waals surface area contributed by atoms with E-state index in [4.69, 9.17) is 5.73 Å². The lowest BCUT2D eigenvalue weighted by Crippen LogP contribution is -2.01. The molecule has 0 saturated heterocycles. The van der Waals surface area contributed by atoms with Crippen LogP contribution in [0.3, 0.4) is 0 Å². The van der Waals surface area contributed by atoms with Gasteiger partial charge in [0, 0.05) is 23.4 Å². The standard InChI is InChI=1S/C16H14BrFN4/c17-15-11(12-7-10(19)3-5-13(12)18)4-6-14-16(15)20-21-22(14)8-9-1-2-9/h3-7,9H,1-2,8,19H2. The number of fused-ring (bicyclic) bond motifs is 1. The molecule has 0 radical (unpaired) electrons. The minimum absolute atomic E-state index is 0.306. The first kappa shape index (κ1) is 13.7. The Kier molecular flexibility index (Phi) is 3.14. The first-order chi connectivity index (χ1) is 10.6. The maximum Gasteiger partial charge on any atom is 0.131 e. The highest BCUT2D eigenvalue weighted by molar-refractivity contribution is 9.10. The molecule has 0 atom stereocenters. The zero-order valence-corrected chi connectivity index (χ0v) is 13.3. The van der Waals surface area contributed by atoms with Gasteiger partial charge in [-0.15, -0.1) is 5.10 Å². The first-order valence-electron chi connectivity index (χ1n) is 7.20. The third-order valence-corrected chi connectivity index (χ3v) is 4.84. The Hall–Kier alpha value is -1.95. The lowest BCUT2D eigenvalue weighted by molar-refractivity contribution is 0.559. The minimum atomic E-state index is -0.306. The molecule has 2 N–H and O–H groups in total. The number of nitrogen functional groups attached to an aromatic ring is 1. The summed E-state index contributed by atoms with van der Waals surface area (Å²) in [5.74, 6) is 0.411. The van der Waals surface area contributed by atoms with Gasteiger partial charge in [-0.2, -0.15) is 0 Å². The lowest BCUT2D eigenvalue weighted by Gasteiger charge is -2.08. The molecule has 3 aromatic rings. The maximum atomic E-state index is 14.1. The molecule has 0 aliphatic heterocycles. The Labute approximate surface area is 135 Å². The van der Waals surface area contributed by atoms with Crippen LogP contribution in [0.2, 0.25) is 0 Å². The van der Waals surface area contributed by atoms with Gasteiger partial charge in [0.2, 0.25) is 0 Å². The molecule has 1 aliphatic rings. The third-order valence-electron chi connectivity index (χ3n) is 4.03. The van der Waals surface area contributed by atoms with E-state index >= 15 is 0 Å². The molecule has 4 rings (SSSR count). The van der Waals surface area contributed by atoms with Crippen molar-refractivity contribution in [1.82, 2.24) is 15.0 Å². The highest BCUT2D eigenvalue weighted by Gasteiger charge is 2.24. The minimum Gasteiger partial charge on any atom is -0.399 e. The van der Waals surface area contributed by atoms with Crippen LogP contribution in [-0.4, -0.2) is 15.0 Å².